The largest absolute Gasteiger partial charge is 0.586 e. The van der Waals surface area contributed by atoms with Gasteiger partial charge in [0.05, 0.1) is 13.7 Å². The van der Waals surface area contributed by atoms with Crippen molar-refractivity contribution in [3.05, 3.63) is 77.6 Å². The van der Waals surface area contributed by atoms with E-state index in [2.05, 4.69) is 19.8 Å². The highest BCUT2D eigenvalue weighted by Gasteiger charge is 2.43. The van der Waals surface area contributed by atoms with Crippen molar-refractivity contribution >= 4 is 23.2 Å². The first-order chi connectivity index (χ1) is 17.7. The van der Waals surface area contributed by atoms with Crippen molar-refractivity contribution < 1.29 is 32.6 Å². The summed E-state index contributed by atoms with van der Waals surface area (Å²) in [6.07, 6.45) is -0.250. The average Bonchev–Trinajstić information content (AvgIpc) is 3.21. The highest BCUT2D eigenvalue weighted by atomic mass is 19.3. The van der Waals surface area contributed by atoms with Crippen LogP contribution in [0.3, 0.4) is 0 Å². The summed E-state index contributed by atoms with van der Waals surface area (Å²) >= 11 is 0. The first-order valence-corrected chi connectivity index (χ1v) is 11.3. The van der Waals surface area contributed by atoms with Crippen molar-refractivity contribution in [3.8, 4) is 17.2 Å². The van der Waals surface area contributed by atoms with Gasteiger partial charge in [0, 0.05) is 54.0 Å². The zero-order valence-corrected chi connectivity index (χ0v) is 20.1. The van der Waals surface area contributed by atoms with Crippen LogP contribution in [-0.4, -0.2) is 49.0 Å². The molecule has 0 fully saturated rings. The van der Waals surface area contributed by atoms with Crippen LogP contribution in [0.15, 0.2) is 60.9 Å². The van der Waals surface area contributed by atoms with Crippen LogP contribution < -0.4 is 24.4 Å². The van der Waals surface area contributed by atoms with Gasteiger partial charge in [0.1, 0.15) is 5.75 Å². The van der Waals surface area contributed by atoms with Gasteiger partial charge >= 0.3 is 6.29 Å². The summed E-state index contributed by atoms with van der Waals surface area (Å²) in [5.41, 5.74) is 1.85. The van der Waals surface area contributed by atoms with Crippen LogP contribution in [0.5, 0.6) is 17.2 Å². The molecule has 2 amide bonds. The highest BCUT2D eigenvalue weighted by Crippen LogP contribution is 2.42. The standard InChI is InChI=1S/C26H24F2N4O5/c1-3-32(17-6-9-22-23(12-17)37-26(27,28)36-22)24(33)15-31-25(34)19-8-7-18(35-2)13-20(19)21(29)11-16-5-4-10-30-14-16/h4-10,12-14,29H,3,11,15H2,1-2H3,(H,31,34). The molecule has 1 aliphatic rings. The van der Waals surface area contributed by atoms with Crippen LogP contribution in [0.25, 0.3) is 0 Å². The molecule has 9 nitrogen and oxygen atoms in total. The molecule has 0 atom stereocenters. The summed E-state index contributed by atoms with van der Waals surface area (Å²) < 4.78 is 40.8. The SMILES string of the molecule is CCN(C(=O)CNC(=O)c1ccc(OC)cc1C(=N)Cc1cccnc1)c1ccc2c(c1)OC(F)(F)O2. The molecule has 4 rings (SSSR count). The molecule has 2 aromatic carbocycles. The van der Waals surface area contributed by atoms with Crippen LogP contribution >= 0.6 is 0 Å². The second kappa shape index (κ2) is 10.6. The maximum atomic E-state index is 13.3. The molecule has 37 heavy (non-hydrogen) atoms. The van der Waals surface area contributed by atoms with Crippen LogP contribution in [0.4, 0.5) is 14.5 Å². The third-order valence-electron chi connectivity index (χ3n) is 5.61. The van der Waals surface area contributed by atoms with Crippen LogP contribution in [-0.2, 0) is 11.2 Å². The number of pyridine rings is 1. The van der Waals surface area contributed by atoms with Crippen molar-refractivity contribution in [2.45, 2.75) is 19.6 Å². The molecule has 2 heterocycles. The van der Waals surface area contributed by atoms with Gasteiger partial charge in [-0.25, -0.2) is 0 Å². The lowest BCUT2D eigenvalue weighted by Crippen LogP contribution is -2.40. The van der Waals surface area contributed by atoms with Gasteiger partial charge in [-0.05, 0) is 48.9 Å². The Morgan fingerprint density at radius 2 is 1.89 bits per heavy atom. The number of anilines is 1. The normalized spacial score (nSPS) is 13.1. The fraction of sp³-hybridized carbons (Fsp3) is 0.231. The van der Waals surface area contributed by atoms with Gasteiger partial charge in [0.15, 0.2) is 11.5 Å². The maximum absolute atomic E-state index is 13.3. The Hall–Kier alpha value is -4.54. The van der Waals surface area contributed by atoms with E-state index in [-0.39, 0.29) is 42.3 Å². The number of rotatable bonds is 9. The molecule has 192 valence electrons. The van der Waals surface area contributed by atoms with Crippen LogP contribution in [0.1, 0.15) is 28.4 Å². The van der Waals surface area contributed by atoms with Gasteiger partial charge < -0.3 is 29.8 Å². The lowest BCUT2D eigenvalue weighted by Gasteiger charge is -2.21. The number of aromatic nitrogens is 1. The number of hydrogen-bond donors (Lipinski definition) is 2. The number of fused-ring (bicyclic) bond motifs is 1. The topological polar surface area (TPSA) is 114 Å². The fourth-order valence-corrected chi connectivity index (χ4v) is 3.86. The number of carbonyl (C=O) groups excluding carboxylic acids is 2. The number of methoxy groups -OCH3 is 1. The maximum Gasteiger partial charge on any atom is 0.586 e. The third kappa shape index (κ3) is 5.83. The average molecular weight is 510 g/mol. The Bertz CT molecular complexity index is 1330. The monoisotopic (exact) mass is 510 g/mol. The lowest BCUT2D eigenvalue weighted by molar-refractivity contribution is -0.286. The van der Waals surface area contributed by atoms with E-state index in [4.69, 9.17) is 10.1 Å². The third-order valence-corrected chi connectivity index (χ3v) is 5.61. The number of alkyl halides is 2. The van der Waals surface area contributed by atoms with E-state index in [1.54, 1.807) is 37.5 Å². The van der Waals surface area contributed by atoms with E-state index in [9.17, 15) is 18.4 Å². The number of nitrogens with zero attached hydrogens (tertiary/aromatic N) is 2. The summed E-state index contributed by atoms with van der Waals surface area (Å²) in [7, 11) is 1.48. The quantitative estimate of drug-likeness (QED) is 0.424. The number of ether oxygens (including phenoxy) is 3. The molecule has 2 N–H and O–H groups in total. The predicted octanol–water partition coefficient (Wildman–Crippen LogP) is 3.81. The number of likely N-dealkylation sites (N-methyl/N-ethyl adjacent to an activating group) is 1. The van der Waals surface area contributed by atoms with Crippen molar-refractivity contribution in [3.63, 3.8) is 0 Å². The molecule has 1 aromatic heterocycles. The summed E-state index contributed by atoms with van der Waals surface area (Å²) in [5.74, 6) is -0.867. The minimum absolute atomic E-state index is 0.133. The Balaban J connectivity index is 1.47. The number of carbonyl (C=O) groups is 2. The summed E-state index contributed by atoms with van der Waals surface area (Å²) in [6.45, 7) is 1.56. The molecular weight excluding hydrogens is 486 g/mol. The van der Waals surface area contributed by atoms with E-state index in [1.165, 1.54) is 36.3 Å². The summed E-state index contributed by atoms with van der Waals surface area (Å²) in [6, 6.07) is 12.3. The van der Waals surface area contributed by atoms with Crippen molar-refractivity contribution in [2.75, 3.05) is 25.1 Å². The van der Waals surface area contributed by atoms with Gasteiger partial charge in [-0.1, -0.05) is 6.07 Å². The highest BCUT2D eigenvalue weighted by molar-refractivity contribution is 6.10. The number of amides is 2. The van der Waals surface area contributed by atoms with Crippen molar-refractivity contribution in [1.29, 1.82) is 5.41 Å². The second-order valence-electron chi connectivity index (χ2n) is 8.05. The fourth-order valence-electron chi connectivity index (χ4n) is 3.86. The Morgan fingerprint density at radius 3 is 2.59 bits per heavy atom. The zero-order valence-electron chi connectivity index (χ0n) is 20.1. The number of benzene rings is 2. The number of halogens is 2. The van der Waals surface area contributed by atoms with E-state index in [0.717, 1.165) is 5.56 Å². The molecule has 11 heteroatoms. The van der Waals surface area contributed by atoms with Gasteiger partial charge in [0.25, 0.3) is 5.91 Å². The van der Waals surface area contributed by atoms with Gasteiger partial charge in [-0.15, -0.1) is 8.78 Å². The minimum Gasteiger partial charge on any atom is -0.497 e. The molecule has 0 saturated heterocycles. The molecular formula is C26H24F2N4O5. The molecule has 0 spiro atoms. The summed E-state index contributed by atoms with van der Waals surface area (Å²) in [4.78, 5) is 31.3. The van der Waals surface area contributed by atoms with Crippen LogP contribution in [0.2, 0.25) is 0 Å². The van der Waals surface area contributed by atoms with Gasteiger partial charge in [-0.2, -0.15) is 0 Å². The van der Waals surface area contributed by atoms with E-state index < -0.39 is 18.1 Å². The Morgan fingerprint density at radius 1 is 1.11 bits per heavy atom. The van der Waals surface area contributed by atoms with E-state index in [1.807, 2.05) is 6.07 Å². The predicted molar refractivity (Wildman–Crippen MR) is 131 cm³/mol. The van der Waals surface area contributed by atoms with Crippen LogP contribution in [0, 0.1) is 5.41 Å². The zero-order chi connectivity index (χ0) is 26.6. The first kappa shape index (κ1) is 25.5. The Kier molecular flexibility index (Phi) is 7.32. The minimum atomic E-state index is -3.77. The van der Waals surface area contributed by atoms with Gasteiger partial charge in [-0.3, -0.25) is 14.6 Å². The molecule has 0 saturated carbocycles. The van der Waals surface area contributed by atoms with Crippen molar-refractivity contribution in [2.24, 2.45) is 0 Å². The van der Waals surface area contributed by atoms with Crippen molar-refractivity contribution in [1.82, 2.24) is 10.3 Å². The lowest BCUT2D eigenvalue weighted by atomic mass is 9.97. The smallest absolute Gasteiger partial charge is 0.497 e. The number of nitrogens with one attached hydrogen (secondary N) is 2. The molecule has 0 unspecified atom stereocenters. The first-order valence-electron chi connectivity index (χ1n) is 11.3. The molecule has 1 aliphatic heterocycles. The molecule has 3 aromatic rings. The number of hydrogen-bond acceptors (Lipinski definition) is 7. The van der Waals surface area contributed by atoms with E-state index >= 15 is 0 Å². The Labute approximate surface area is 211 Å². The molecule has 0 radical (unpaired) electrons. The molecule has 0 aliphatic carbocycles. The second-order valence-corrected chi connectivity index (χ2v) is 8.05. The molecule has 0 bridgehead atoms. The summed E-state index contributed by atoms with van der Waals surface area (Å²) in [5, 5.41) is 11.2. The van der Waals surface area contributed by atoms with Gasteiger partial charge in [0.2, 0.25) is 5.91 Å². The van der Waals surface area contributed by atoms with E-state index in [0.29, 0.717) is 17.0 Å².